The van der Waals surface area contributed by atoms with Gasteiger partial charge in [-0.1, -0.05) is 0 Å². The zero-order valence-corrected chi connectivity index (χ0v) is 16.3. The second-order valence-corrected chi connectivity index (χ2v) is 8.01. The van der Waals surface area contributed by atoms with E-state index in [2.05, 4.69) is 4.90 Å². The number of ether oxygens (including phenoxy) is 2. The summed E-state index contributed by atoms with van der Waals surface area (Å²) in [7, 11) is 0. The van der Waals surface area contributed by atoms with E-state index in [0.717, 1.165) is 32.5 Å². The van der Waals surface area contributed by atoms with Crippen molar-refractivity contribution in [2.45, 2.75) is 78.4 Å². The van der Waals surface area contributed by atoms with Crippen LogP contribution in [0, 0.1) is 0 Å². The maximum atomic E-state index is 11.7. The van der Waals surface area contributed by atoms with Crippen molar-refractivity contribution in [3.05, 3.63) is 0 Å². The van der Waals surface area contributed by atoms with Crippen LogP contribution in [0.1, 0.15) is 67.2 Å². The fraction of sp³-hybridized carbons (Fsp3) is 0.889. The number of esters is 2. The van der Waals surface area contributed by atoms with Crippen LogP contribution in [0.15, 0.2) is 0 Å². The molecule has 0 aromatic heterocycles. The highest BCUT2D eigenvalue weighted by molar-refractivity contribution is 5.70. The first-order valence-corrected chi connectivity index (χ1v) is 8.79. The van der Waals surface area contributed by atoms with Crippen LogP contribution in [0.2, 0.25) is 0 Å². The van der Waals surface area contributed by atoms with Crippen molar-refractivity contribution in [2.75, 3.05) is 26.2 Å². The number of hydrogen-bond acceptors (Lipinski definition) is 6. The molecule has 0 unspecified atom stereocenters. The van der Waals surface area contributed by atoms with Gasteiger partial charge in [-0.2, -0.15) is 0 Å². The van der Waals surface area contributed by atoms with Crippen LogP contribution in [-0.4, -0.2) is 54.2 Å². The average Bonchev–Trinajstić information content (AvgIpc) is 2.34. The van der Waals surface area contributed by atoms with Crippen molar-refractivity contribution in [1.82, 2.24) is 4.90 Å². The molecule has 0 aliphatic rings. The topological polar surface area (TPSA) is 81.9 Å². The summed E-state index contributed by atoms with van der Waals surface area (Å²) in [5.41, 5.74) is 4.75. The molecule has 0 aliphatic heterocycles. The van der Waals surface area contributed by atoms with Gasteiger partial charge < -0.3 is 20.1 Å². The maximum absolute atomic E-state index is 11.7. The van der Waals surface area contributed by atoms with Crippen molar-refractivity contribution in [2.24, 2.45) is 5.73 Å². The minimum atomic E-state index is -0.443. The Morgan fingerprint density at radius 1 is 0.792 bits per heavy atom. The molecule has 0 saturated heterocycles. The summed E-state index contributed by atoms with van der Waals surface area (Å²) in [6.07, 6.45) is 2.23. The van der Waals surface area contributed by atoms with Gasteiger partial charge in [-0.3, -0.25) is 9.59 Å². The van der Waals surface area contributed by atoms with Crippen LogP contribution in [0.25, 0.3) is 0 Å². The number of carbonyl (C=O) groups excluding carboxylic acids is 2. The number of rotatable bonds is 10. The first kappa shape index (κ1) is 22.9. The van der Waals surface area contributed by atoms with Gasteiger partial charge in [-0.25, -0.2) is 0 Å². The van der Waals surface area contributed by atoms with Gasteiger partial charge in [0.25, 0.3) is 0 Å². The molecule has 0 bridgehead atoms. The van der Waals surface area contributed by atoms with Crippen molar-refractivity contribution < 1.29 is 19.1 Å². The molecule has 0 aliphatic carbocycles. The van der Waals surface area contributed by atoms with Crippen LogP contribution >= 0.6 is 0 Å². The van der Waals surface area contributed by atoms with Crippen molar-refractivity contribution in [3.63, 3.8) is 0 Å². The number of hydrogen-bond donors (Lipinski definition) is 1. The first-order valence-electron chi connectivity index (χ1n) is 8.79. The highest BCUT2D eigenvalue weighted by atomic mass is 16.6. The Hall–Kier alpha value is -1.14. The van der Waals surface area contributed by atoms with Crippen molar-refractivity contribution in [1.29, 1.82) is 0 Å². The molecule has 0 heterocycles. The normalized spacial score (nSPS) is 12.3. The Balaban J connectivity index is 4.05. The Morgan fingerprint density at radius 3 is 1.46 bits per heavy atom. The predicted molar refractivity (Wildman–Crippen MR) is 95.7 cm³/mol. The lowest BCUT2D eigenvalue weighted by molar-refractivity contribution is -0.155. The van der Waals surface area contributed by atoms with E-state index in [9.17, 15) is 9.59 Å². The second kappa shape index (κ2) is 10.7. The Kier molecular flexibility index (Phi) is 10.2. The average molecular weight is 344 g/mol. The van der Waals surface area contributed by atoms with E-state index in [4.69, 9.17) is 15.2 Å². The number of nitrogens with two attached hydrogens (primary N) is 1. The summed E-state index contributed by atoms with van der Waals surface area (Å²) < 4.78 is 10.6. The Labute approximate surface area is 147 Å². The standard InChI is InChI=1S/C18H36N2O4/c1-17(2,3)23-15(21)9-7-12-20(14-11-19)13-8-10-16(22)24-18(4,5)6/h7-14,19H2,1-6H3. The molecule has 0 aromatic carbocycles. The van der Waals surface area contributed by atoms with Crippen molar-refractivity contribution >= 4 is 11.9 Å². The molecular formula is C18H36N2O4. The van der Waals surface area contributed by atoms with Gasteiger partial charge in [0.2, 0.25) is 0 Å². The van der Waals surface area contributed by atoms with Gasteiger partial charge in [0.15, 0.2) is 0 Å². The monoisotopic (exact) mass is 344 g/mol. The minimum Gasteiger partial charge on any atom is -0.460 e. The van der Waals surface area contributed by atoms with Gasteiger partial charge in [0.1, 0.15) is 11.2 Å². The summed E-state index contributed by atoms with van der Waals surface area (Å²) in [6, 6.07) is 0. The third-order valence-corrected chi connectivity index (χ3v) is 3.00. The summed E-state index contributed by atoms with van der Waals surface area (Å²) in [5, 5.41) is 0. The third-order valence-electron chi connectivity index (χ3n) is 3.00. The Morgan fingerprint density at radius 2 is 1.17 bits per heavy atom. The zero-order chi connectivity index (χ0) is 18.8. The maximum Gasteiger partial charge on any atom is 0.306 e. The molecule has 142 valence electrons. The molecule has 2 N–H and O–H groups in total. The molecule has 6 nitrogen and oxygen atoms in total. The highest BCUT2D eigenvalue weighted by Crippen LogP contribution is 2.11. The van der Waals surface area contributed by atoms with Crippen LogP contribution in [-0.2, 0) is 19.1 Å². The fourth-order valence-electron chi connectivity index (χ4n) is 2.20. The van der Waals surface area contributed by atoms with E-state index >= 15 is 0 Å². The molecular weight excluding hydrogens is 308 g/mol. The van der Waals surface area contributed by atoms with Crippen molar-refractivity contribution in [3.8, 4) is 0 Å². The molecule has 0 aromatic rings. The van der Waals surface area contributed by atoms with E-state index in [1.54, 1.807) is 0 Å². The molecule has 0 rings (SSSR count). The largest absolute Gasteiger partial charge is 0.460 e. The third kappa shape index (κ3) is 14.5. The summed E-state index contributed by atoms with van der Waals surface area (Å²) in [4.78, 5) is 25.6. The quantitative estimate of drug-likeness (QED) is 0.613. The van der Waals surface area contributed by atoms with Gasteiger partial charge in [-0.05, 0) is 67.5 Å². The molecule has 24 heavy (non-hydrogen) atoms. The van der Waals surface area contributed by atoms with Gasteiger partial charge >= 0.3 is 11.9 Å². The molecule has 6 heteroatoms. The minimum absolute atomic E-state index is 0.177. The van der Waals surface area contributed by atoms with Gasteiger partial charge in [0.05, 0.1) is 0 Å². The Bertz CT molecular complexity index is 349. The van der Waals surface area contributed by atoms with Crippen LogP contribution in [0.3, 0.4) is 0 Å². The van der Waals surface area contributed by atoms with Gasteiger partial charge in [0, 0.05) is 25.9 Å². The zero-order valence-electron chi connectivity index (χ0n) is 16.3. The lowest BCUT2D eigenvalue weighted by Crippen LogP contribution is -2.32. The number of nitrogens with zero attached hydrogens (tertiary/aromatic N) is 1. The lowest BCUT2D eigenvalue weighted by atomic mass is 10.2. The van der Waals surface area contributed by atoms with Crippen LogP contribution in [0.5, 0.6) is 0 Å². The predicted octanol–water partition coefficient (Wildman–Crippen LogP) is 2.49. The summed E-state index contributed by atoms with van der Waals surface area (Å²) in [6.45, 7) is 14.0. The molecule has 0 fully saturated rings. The van der Waals surface area contributed by atoms with E-state index in [-0.39, 0.29) is 11.9 Å². The molecule has 0 atom stereocenters. The summed E-state index contributed by atoms with van der Waals surface area (Å²) in [5.74, 6) is -0.354. The summed E-state index contributed by atoms with van der Waals surface area (Å²) >= 11 is 0. The van der Waals surface area contributed by atoms with E-state index in [0.29, 0.717) is 19.4 Å². The van der Waals surface area contributed by atoms with E-state index in [1.165, 1.54) is 0 Å². The van der Waals surface area contributed by atoms with Crippen LogP contribution in [0.4, 0.5) is 0 Å². The highest BCUT2D eigenvalue weighted by Gasteiger charge is 2.17. The molecule has 0 radical (unpaired) electrons. The number of carbonyl (C=O) groups is 2. The first-order chi connectivity index (χ1) is 10.9. The molecule has 0 saturated carbocycles. The molecule has 0 spiro atoms. The smallest absolute Gasteiger partial charge is 0.306 e. The fourth-order valence-corrected chi connectivity index (χ4v) is 2.20. The van der Waals surface area contributed by atoms with Crippen LogP contribution < -0.4 is 5.73 Å². The van der Waals surface area contributed by atoms with E-state index < -0.39 is 11.2 Å². The molecule has 0 amide bonds. The van der Waals surface area contributed by atoms with E-state index in [1.807, 2.05) is 41.5 Å². The lowest BCUT2D eigenvalue weighted by Gasteiger charge is -2.23. The second-order valence-electron chi connectivity index (χ2n) is 8.01. The van der Waals surface area contributed by atoms with Gasteiger partial charge in [-0.15, -0.1) is 0 Å². The SMILES string of the molecule is CC(C)(C)OC(=O)CCCN(CCN)CCCC(=O)OC(C)(C)C.